The first-order chi connectivity index (χ1) is 9.17. The topological polar surface area (TPSA) is 38.5 Å². The highest BCUT2D eigenvalue weighted by Crippen LogP contribution is 2.39. The summed E-state index contributed by atoms with van der Waals surface area (Å²) in [5.41, 5.74) is 6.05. The predicted octanol–water partition coefficient (Wildman–Crippen LogP) is 3.26. The first kappa shape index (κ1) is 15.4. The van der Waals surface area contributed by atoms with Gasteiger partial charge in [-0.15, -0.1) is 11.3 Å². The van der Waals surface area contributed by atoms with E-state index in [4.69, 9.17) is 10.5 Å². The highest BCUT2D eigenvalue weighted by Gasteiger charge is 2.35. The second-order valence-corrected chi connectivity index (χ2v) is 7.70. The van der Waals surface area contributed by atoms with E-state index < -0.39 is 0 Å². The largest absolute Gasteiger partial charge is 0.383 e. The van der Waals surface area contributed by atoms with Crippen LogP contribution in [0.15, 0.2) is 15.9 Å². The maximum Gasteiger partial charge on any atom is 0.0702 e. The number of thiophene rings is 1. The molecular formula is C14H23BrN2OS. The van der Waals surface area contributed by atoms with E-state index in [0.717, 1.165) is 19.1 Å². The Balaban J connectivity index is 2.13. The zero-order chi connectivity index (χ0) is 13.8. The van der Waals surface area contributed by atoms with Crippen LogP contribution in [0.4, 0.5) is 0 Å². The molecule has 1 fully saturated rings. The summed E-state index contributed by atoms with van der Waals surface area (Å²) in [5, 5.41) is 0. The van der Waals surface area contributed by atoms with Crippen molar-refractivity contribution in [1.82, 2.24) is 4.90 Å². The molecule has 0 radical (unpaired) electrons. The molecule has 0 aromatic carbocycles. The lowest BCUT2D eigenvalue weighted by molar-refractivity contribution is 0.0847. The zero-order valence-electron chi connectivity index (χ0n) is 11.6. The molecule has 19 heavy (non-hydrogen) atoms. The fraction of sp³-hybridized carbons (Fsp3) is 0.714. The molecule has 108 valence electrons. The third kappa shape index (κ3) is 4.02. The Morgan fingerprint density at radius 2 is 2.26 bits per heavy atom. The van der Waals surface area contributed by atoms with Gasteiger partial charge >= 0.3 is 0 Å². The smallest absolute Gasteiger partial charge is 0.0702 e. The summed E-state index contributed by atoms with van der Waals surface area (Å²) < 4.78 is 6.44. The van der Waals surface area contributed by atoms with Crippen LogP contribution < -0.4 is 5.73 Å². The fourth-order valence-electron chi connectivity index (χ4n) is 2.61. The van der Waals surface area contributed by atoms with Crippen LogP contribution in [0.25, 0.3) is 0 Å². The SMILES string of the molecule is COCCN(C(CN)c1ccc(Br)s1)C(C)C1CC1. The van der Waals surface area contributed by atoms with E-state index >= 15 is 0 Å². The number of ether oxygens (including phenoxy) is 1. The van der Waals surface area contributed by atoms with Crippen molar-refractivity contribution in [2.45, 2.75) is 31.8 Å². The van der Waals surface area contributed by atoms with Crippen LogP contribution in [0.5, 0.6) is 0 Å². The van der Waals surface area contributed by atoms with Gasteiger partial charge in [0.05, 0.1) is 16.4 Å². The van der Waals surface area contributed by atoms with Crippen LogP contribution in [0.3, 0.4) is 0 Å². The molecular weight excluding hydrogens is 324 g/mol. The van der Waals surface area contributed by atoms with Crippen molar-refractivity contribution in [3.8, 4) is 0 Å². The van der Waals surface area contributed by atoms with Gasteiger partial charge in [-0.2, -0.15) is 0 Å². The predicted molar refractivity (Wildman–Crippen MR) is 84.6 cm³/mol. The first-order valence-electron chi connectivity index (χ1n) is 6.87. The summed E-state index contributed by atoms with van der Waals surface area (Å²) in [4.78, 5) is 3.87. The highest BCUT2D eigenvalue weighted by atomic mass is 79.9. The fourth-order valence-corrected chi connectivity index (χ4v) is 4.17. The zero-order valence-corrected chi connectivity index (χ0v) is 14.0. The Kier molecular flexibility index (Phi) is 5.84. The van der Waals surface area contributed by atoms with Gasteiger partial charge in [-0.05, 0) is 53.7 Å². The molecule has 5 heteroatoms. The van der Waals surface area contributed by atoms with Crippen LogP contribution in [-0.4, -0.2) is 37.7 Å². The van der Waals surface area contributed by atoms with Gasteiger partial charge in [-0.1, -0.05) is 0 Å². The molecule has 2 unspecified atom stereocenters. The van der Waals surface area contributed by atoms with Crippen LogP contribution in [0.1, 0.15) is 30.7 Å². The molecule has 2 N–H and O–H groups in total. The van der Waals surface area contributed by atoms with Gasteiger partial charge < -0.3 is 10.5 Å². The molecule has 0 amide bonds. The molecule has 2 rings (SSSR count). The summed E-state index contributed by atoms with van der Waals surface area (Å²) in [6.07, 6.45) is 2.71. The minimum atomic E-state index is 0.307. The van der Waals surface area contributed by atoms with Gasteiger partial charge in [0.25, 0.3) is 0 Å². The lowest BCUT2D eigenvalue weighted by Crippen LogP contribution is -2.42. The molecule has 0 bridgehead atoms. The normalized spacial score (nSPS) is 18.8. The number of hydrogen-bond acceptors (Lipinski definition) is 4. The quantitative estimate of drug-likeness (QED) is 0.785. The summed E-state index contributed by atoms with van der Waals surface area (Å²) >= 11 is 5.33. The van der Waals surface area contributed by atoms with Gasteiger partial charge in [0.15, 0.2) is 0 Å². The second-order valence-electron chi connectivity index (χ2n) is 5.20. The molecule has 3 nitrogen and oxygen atoms in total. The number of nitrogens with two attached hydrogens (primary N) is 1. The Morgan fingerprint density at radius 3 is 2.74 bits per heavy atom. The molecule has 2 atom stereocenters. The van der Waals surface area contributed by atoms with E-state index in [1.165, 1.54) is 21.5 Å². The maximum atomic E-state index is 6.05. The molecule has 0 saturated heterocycles. The van der Waals surface area contributed by atoms with Gasteiger partial charge in [0, 0.05) is 31.1 Å². The molecule has 0 spiro atoms. The van der Waals surface area contributed by atoms with Crippen LogP contribution in [-0.2, 0) is 4.74 Å². The van der Waals surface area contributed by atoms with E-state index in [0.29, 0.717) is 18.6 Å². The van der Waals surface area contributed by atoms with Crippen molar-refractivity contribution in [3.05, 3.63) is 20.8 Å². The molecule has 1 aliphatic rings. The maximum absolute atomic E-state index is 6.05. The van der Waals surface area contributed by atoms with Crippen LogP contribution >= 0.6 is 27.3 Å². The van der Waals surface area contributed by atoms with Crippen molar-refractivity contribution in [2.75, 3.05) is 26.8 Å². The lowest BCUT2D eigenvalue weighted by atomic mass is 10.1. The van der Waals surface area contributed by atoms with Crippen molar-refractivity contribution in [3.63, 3.8) is 0 Å². The molecule has 1 aliphatic carbocycles. The van der Waals surface area contributed by atoms with Crippen LogP contribution in [0, 0.1) is 5.92 Å². The Labute approximate surface area is 128 Å². The van der Waals surface area contributed by atoms with E-state index in [9.17, 15) is 0 Å². The lowest BCUT2D eigenvalue weighted by Gasteiger charge is -2.35. The average Bonchev–Trinajstić information content (AvgIpc) is 3.17. The van der Waals surface area contributed by atoms with E-state index in [-0.39, 0.29) is 0 Å². The third-order valence-electron chi connectivity index (χ3n) is 3.93. The van der Waals surface area contributed by atoms with Gasteiger partial charge in [0.2, 0.25) is 0 Å². The molecule has 1 aromatic heterocycles. The summed E-state index contributed by atoms with van der Waals surface area (Å²) in [6.45, 7) is 4.71. The molecule has 1 heterocycles. The van der Waals surface area contributed by atoms with Gasteiger partial charge in [-0.25, -0.2) is 0 Å². The Hall–Kier alpha value is 0.0600. The minimum absolute atomic E-state index is 0.307. The second kappa shape index (κ2) is 7.18. The minimum Gasteiger partial charge on any atom is -0.383 e. The number of methoxy groups -OCH3 is 1. The van der Waals surface area contributed by atoms with Crippen molar-refractivity contribution in [2.24, 2.45) is 11.7 Å². The van der Waals surface area contributed by atoms with E-state index in [1.807, 2.05) is 0 Å². The van der Waals surface area contributed by atoms with Gasteiger partial charge in [-0.3, -0.25) is 4.90 Å². The monoisotopic (exact) mass is 346 g/mol. The standard InChI is InChI=1S/C14H23BrN2OS/c1-10(11-3-4-11)17(7-8-18-2)12(9-16)13-5-6-14(15)19-13/h5-6,10-12H,3-4,7-9,16H2,1-2H3. The molecule has 0 aliphatic heterocycles. The van der Waals surface area contributed by atoms with Gasteiger partial charge in [0.1, 0.15) is 0 Å². The highest BCUT2D eigenvalue weighted by molar-refractivity contribution is 9.11. The average molecular weight is 347 g/mol. The summed E-state index contributed by atoms with van der Waals surface area (Å²) in [6, 6.07) is 5.19. The molecule has 1 saturated carbocycles. The number of hydrogen-bond donors (Lipinski definition) is 1. The van der Waals surface area contributed by atoms with E-state index in [1.54, 1.807) is 18.4 Å². The Morgan fingerprint density at radius 1 is 1.53 bits per heavy atom. The van der Waals surface area contributed by atoms with E-state index in [2.05, 4.69) is 39.9 Å². The van der Waals surface area contributed by atoms with Crippen molar-refractivity contribution in [1.29, 1.82) is 0 Å². The first-order valence-corrected chi connectivity index (χ1v) is 8.48. The third-order valence-corrected chi connectivity index (χ3v) is 5.65. The molecule has 1 aromatic rings. The Bertz CT molecular complexity index is 395. The summed E-state index contributed by atoms with van der Waals surface area (Å²) in [5.74, 6) is 0.842. The van der Waals surface area contributed by atoms with Crippen molar-refractivity contribution < 1.29 is 4.74 Å². The van der Waals surface area contributed by atoms with Crippen molar-refractivity contribution >= 4 is 27.3 Å². The summed E-state index contributed by atoms with van der Waals surface area (Å²) in [7, 11) is 1.76. The number of nitrogens with zero attached hydrogens (tertiary/aromatic N) is 1. The number of rotatable bonds is 8. The number of halogens is 1. The van der Waals surface area contributed by atoms with Crippen LogP contribution in [0.2, 0.25) is 0 Å².